The maximum atomic E-state index is 8.51. The first-order valence-electron chi connectivity index (χ1n) is 4.86. The fraction of sp³-hybridized carbons (Fsp3) is 0.500. The quantitative estimate of drug-likeness (QED) is 0.603. The van der Waals surface area contributed by atoms with E-state index in [-0.39, 0.29) is 6.61 Å². The standard InChI is InChI=1S/C8H12N6O2/c15-2-4-16-3-1-10-7-5-9-6-8-11-12-13-14(7)8/h5-6,10,15H,1-4H2. The van der Waals surface area contributed by atoms with Gasteiger partial charge in [-0.1, -0.05) is 0 Å². The molecule has 0 saturated carbocycles. The van der Waals surface area contributed by atoms with Gasteiger partial charge in [0.1, 0.15) is 5.82 Å². The molecule has 0 aliphatic carbocycles. The van der Waals surface area contributed by atoms with Crippen LogP contribution in [0.15, 0.2) is 12.4 Å². The van der Waals surface area contributed by atoms with E-state index in [0.717, 1.165) is 0 Å². The first kappa shape index (κ1) is 10.7. The van der Waals surface area contributed by atoms with E-state index in [1.165, 1.54) is 0 Å². The first-order chi connectivity index (χ1) is 7.92. The Hall–Kier alpha value is -1.80. The van der Waals surface area contributed by atoms with Crippen molar-refractivity contribution in [2.24, 2.45) is 0 Å². The Morgan fingerprint density at radius 1 is 1.38 bits per heavy atom. The molecular weight excluding hydrogens is 212 g/mol. The molecule has 2 rings (SSSR count). The summed E-state index contributed by atoms with van der Waals surface area (Å²) in [5, 5.41) is 22.7. The predicted molar refractivity (Wildman–Crippen MR) is 55.0 cm³/mol. The minimum atomic E-state index is 0.0319. The third kappa shape index (κ3) is 2.41. The van der Waals surface area contributed by atoms with Crippen LogP contribution in [-0.2, 0) is 4.74 Å². The van der Waals surface area contributed by atoms with Gasteiger partial charge in [0.25, 0.3) is 0 Å². The largest absolute Gasteiger partial charge is 0.394 e. The highest BCUT2D eigenvalue weighted by Crippen LogP contribution is 2.04. The molecule has 0 amide bonds. The summed E-state index contributed by atoms with van der Waals surface area (Å²) in [4.78, 5) is 3.99. The van der Waals surface area contributed by atoms with E-state index in [0.29, 0.717) is 31.2 Å². The summed E-state index contributed by atoms with van der Waals surface area (Å²) < 4.78 is 6.66. The Labute approximate surface area is 91.3 Å². The fourth-order valence-corrected chi connectivity index (χ4v) is 1.21. The van der Waals surface area contributed by atoms with Crippen LogP contribution < -0.4 is 5.32 Å². The zero-order valence-electron chi connectivity index (χ0n) is 8.57. The van der Waals surface area contributed by atoms with Crippen molar-refractivity contribution in [2.45, 2.75) is 0 Å². The van der Waals surface area contributed by atoms with Gasteiger partial charge in [0.05, 0.1) is 32.2 Å². The van der Waals surface area contributed by atoms with Gasteiger partial charge in [-0.2, -0.15) is 4.52 Å². The van der Waals surface area contributed by atoms with Crippen LogP contribution in [0.1, 0.15) is 0 Å². The van der Waals surface area contributed by atoms with Gasteiger partial charge in [-0.15, -0.1) is 5.10 Å². The molecule has 8 nitrogen and oxygen atoms in total. The van der Waals surface area contributed by atoms with Crippen molar-refractivity contribution in [2.75, 3.05) is 31.7 Å². The molecule has 86 valence electrons. The van der Waals surface area contributed by atoms with Gasteiger partial charge in [-0.3, -0.25) is 4.98 Å². The number of hydrogen-bond acceptors (Lipinski definition) is 7. The van der Waals surface area contributed by atoms with Crippen molar-refractivity contribution in [1.82, 2.24) is 25.0 Å². The maximum Gasteiger partial charge on any atom is 0.199 e. The van der Waals surface area contributed by atoms with Crippen molar-refractivity contribution in [3.63, 3.8) is 0 Å². The minimum absolute atomic E-state index is 0.0319. The predicted octanol–water partition coefficient (Wildman–Crippen LogP) is -1.06. The van der Waals surface area contributed by atoms with E-state index in [4.69, 9.17) is 9.84 Å². The van der Waals surface area contributed by atoms with Crippen LogP contribution in [-0.4, -0.2) is 56.5 Å². The summed E-state index contributed by atoms with van der Waals surface area (Å²) in [7, 11) is 0. The molecule has 2 aromatic rings. The normalized spacial score (nSPS) is 10.8. The summed E-state index contributed by atoms with van der Waals surface area (Å²) in [6.45, 7) is 1.47. The zero-order chi connectivity index (χ0) is 11.2. The van der Waals surface area contributed by atoms with E-state index < -0.39 is 0 Å². The molecule has 0 bridgehead atoms. The molecular formula is C8H12N6O2. The van der Waals surface area contributed by atoms with E-state index >= 15 is 0 Å². The molecule has 2 aromatic heterocycles. The van der Waals surface area contributed by atoms with Crippen molar-refractivity contribution in [3.8, 4) is 0 Å². The van der Waals surface area contributed by atoms with Crippen LogP contribution in [0.25, 0.3) is 5.65 Å². The molecule has 0 spiro atoms. The van der Waals surface area contributed by atoms with Crippen LogP contribution in [0, 0.1) is 0 Å². The van der Waals surface area contributed by atoms with Gasteiger partial charge in [0.2, 0.25) is 0 Å². The van der Waals surface area contributed by atoms with E-state index in [9.17, 15) is 0 Å². The first-order valence-corrected chi connectivity index (χ1v) is 4.86. The van der Waals surface area contributed by atoms with Crippen molar-refractivity contribution >= 4 is 11.5 Å². The Balaban J connectivity index is 1.91. The average Bonchev–Trinajstić information content (AvgIpc) is 2.77. The van der Waals surface area contributed by atoms with Crippen LogP contribution in [0.3, 0.4) is 0 Å². The zero-order valence-corrected chi connectivity index (χ0v) is 8.57. The second kappa shape index (κ2) is 5.33. The number of aliphatic hydroxyl groups excluding tert-OH is 1. The molecule has 0 saturated heterocycles. The van der Waals surface area contributed by atoms with Crippen LogP contribution in [0.2, 0.25) is 0 Å². The number of nitrogens with zero attached hydrogens (tertiary/aromatic N) is 5. The third-order valence-corrected chi connectivity index (χ3v) is 1.90. The smallest absolute Gasteiger partial charge is 0.199 e. The number of nitrogens with one attached hydrogen (secondary N) is 1. The summed E-state index contributed by atoms with van der Waals surface area (Å²) in [5.74, 6) is 0.704. The number of anilines is 1. The highest BCUT2D eigenvalue weighted by atomic mass is 16.5. The van der Waals surface area contributed by atoms with Gasteiger partial charge < -0.3 is 15.2 Å². The summed E-state index contributed by atoms with van der Waals surface area (Å²) in [6.07, 6.45) is 3.21. The highest BCUT2D eigenvalue weighted by Gasteiger charge is 2.02. The number of tetrazole rings is 1. The Morgan fingerprint density at radius 2 is 2.31 bits per heavy atom. The molecule has 0 aliphatic rings. The Bertz CT molecular complexity index is 445. The SMILES string of the molecule is OCCOCCNc1cncc2nnnn12. The monoisotopic (exact) mass is 224 g/mol. The van der Waals surface area contributed by atoms with E-state index in [1.807, 2.05) is 0 Å². The number of fused-ring (bicyclic) bond motifs is 1. The molecule has 0 fully saturated rings. The minimum Gasteiger partial charge on any atom is -0.394 e. The summed E-state index contributed by atoms with van der Waals surface area (Å²) in [6, 6.07) is 0. The highest BCUT2D eigenvalue weighted by molar-refractivity contribution is 5.43. The lowest BCUT2D eigenvalue weighted by molar-refractivity contribution is 0.0991. The number of ether oxygens (including phenoxy) is 1. The van der Waals surface area contributed by atoms with E-state index in [2.05, 4.69) is 25.8 Å². The Kier molecular flexibility index (Phi) is 3.57. The van der Waals surface area contributed by atoms with Crippen LogP contribution >= 0.6 is 0 Å². The summed E-state index contributed by atoms with van der Waals surface area (Å²) in [5.41, 5.74) is 0.585. The lowest BCUT2D eigenvalue weighted by Crippen LogP contribution is -2.13. The number of aliphatic hydroxyl groups is 1. The van der Waals surface area contributed by atoms with Gasteiger partial charge in [-0.05, 0) is 10.4 Å². The van der Waals surface area contributed by atoms with Crippen LogP contribution in [0.4, 0.5) is 5.82 Å². The molecule has 0 atom stereocenters. The molecule has 8 heteroatoms. The van der Waals surface area contributed by atoms with Crippen LogP contribution in [0.5, 0.6) is 0 Å². The molecule has 0 aromatic carbocycles. The third-order valence-electron chi connectivity index (χ3n) is 1.90. The Morgan fingerprint density at radius 3 is 3.19 bits per heavy atom. The number of rotatable bonds is 6. The van der Waals surface area contributed by atoms with Crippen molar-refractivity contribution in [1.29, 1.82) is 0 Å². The van der Waals surface area contributed by atoms with Gasteiger partial charge in [0.15, 0.2) is 5.65 Å². The second-order valence-electron chi connectivity index (χ2n) is 3.00. The molecule has 0 radical (unpaired) electrons. The fourth-order valence-electron chi connectivity index (χ4n) is 1.21. The van der Waals surface area contributed by atoms with Gasteiger partial charge in [0, 0.05) is 6.54 Å². The number of aromatic nitrogens is 5. The number of hydrogen-bond donors (Lipinski definition) is 2. The topological polar surface area (TPSA) is 97.5 Å². The maximum absolute atomic E-state index is 8.51. The van der Waals surface area contributed by atoms with Crippen molar-refractivity contribution in [3.05, 3.63) is 12.4 Å². The summed E-state index contributed by atoms with van der Waals surface area (Å²) >= 11 is 0. The lowest BCUT2D eigenvalue weighted by atomic mass is 10.6. The molecule has 2 heterocycles. The molecule has 2 N–H and O–H groups in total. The van der Waals surface area contributed by atoms with Gasteiger partial charge in [-0.25, -0.2) is 0 Å². The van der Waals surface area contributed by atoms with Gasteiger partial charge >= 0.3 is 0 Å². The second-order valence-corrected chi connectivity index (χ2v) is 3.00. The molecule has 0 unspecified atom stereocenters. The molecule has 0 aliphatic heterocycles. The van der Waals surface area contributed by atoms with Crippen molar-refractivity contribution < 1.29 is 9.84 Å². The lowest BCUT2D eigenvalue weighted by Gasteiger charge is -2.06. The van der Waals surface area contributed by atoms with E-state index in [1.54, 1.807) is 16.9 Å². The molecule has 16 heavy (non-hydrogen) atoms. The average molecular weight is 224 g/mol.